The first-order valence-corrected chi connectivity index (χ1v) is 6.97. The lowest BCUT2D eigenvalue weighted by Crippen LogP contribution is -2.18. The summed E-state index contributed by atoms with van der Waals surface area (Å²) in [6.07, 6.45) is 2.35. The Balaban J connectivity index is 2.41. The van der Waals surface area contributed by atoms with Crippen molar-refractivity contribution >= 4 is 23.8 Å². The molecule has 19 heavy (non-hydrogen) atoms. The number of aromatic nitrogens is 2. The Labute approximate surface area is 121 Å². The van der Waals surface area contributed by atoms with E-state index >= 15 is 0 Å². The van der Waals surface area contributed by atoms with E-state index in [9.17, 15) is 4.79 Å². The maximum Gasteiger partial charge on any atom is 0.255 e. The zero-order valence-corrected chi connectivity index (χ0v) is 12.2. The molecule has 1 aromatic carbocycles. The Kier molecular flexibility index (Phi) is 4.56. The zero-order chi connectivity index (χ0) is 13.8. The summed E-state index contributed by atoms with van der Waals surface area (Å²) in [5.41, 5.74) is 2.61. The second kappa shape index (κ2) is 6.17. The Morgan fingerprint density at radius 2 is 1.89 bits per heavy atom. The van der Waals surface area contributed by atoms with Crippen molar-refractivity contribution in [3.8, 4) is 0 Å². The summed E-state index contributed by atoms with van der Waals surface area (Å²) in [7, 11) is 0. The van der Waals surface area contributed by atoms with Gasteiger partial charge in [-0.1, -0.05) is 37.1 Å². The average molecular weight is 295 g/mol. The van der Waals surface area contributed by atoms with Gasteiger partial charge < -0.3 is 4.98 Å². The van der Waals surface area contributed by atoms with Crippen molar-refractivity contribution in [1.29, 1.82) is 0 Å². The highest BCUT2D eigenvalue weighted by Crippen LogP contribution is 2.14. The molecule has 0 spiro atoms. The topological polar surface area (TPSA) is 48.6 Å². The third kappa shape index (κ3) is 3.55. The van der Waals surface area contributed by atoms with Crippen LogP contribution in [0.15, 0.2) is 29.1 Å². The van der Waals surface area contributed by atoms with Crippen LogP contribution in [0.5, 0.6) is 0 Å². The van der Waals surface area contributed by atoms with Crippen LogP contribution in [0.1, 0.15) is 30.2 Å². The lowest BCUT2D eigenvalue weighted by molar-refractivity contribution is 0.832. The van der Waals surface area contributed by atoms with E-state index in [0.717, 1.165) is 29.7 Å². The molecule has 0 amide bonds. The van der Waals surface area contributed by atoms with Gasteiger partial charge in [0.1, 0.15) is 0 Å². The number of rotatable bonds is 4. The molecule has 2 N–H and O–H groups in total. The molecule has 0 atom stereocenters. The summed E-state index contributed by atoms with van der Waals surface area (Å²) in [5.74, 6) is 0. The normalized spacial score (nSPS) is 10.6. The van der Waals surface area contributed by atoms with Crippen LogP contribution in [-0.2, 0) is 12.8 Å². The summed E-state index contributed by atoms with van der Waals surface area (Å²) in [6, 6.07) is 7.52. The lowest BCUT2D eigenvalue weighted by atomic mass is 10.0. The summed E-state index contributed by atoms with van der Waals surface area (Å²) < 4.78 is 0.383. The second-order valence-corrected chi connectivity index (χ2v) is 5.26. The van der Waals surface area contributed by atoms with Crippen molar-refractivity contribution in [1.82, 2.24) is 9.97 Å². The van der Waals surface area contributed by atoms with Crippen LogP contribution in [-0.4, -0.2) is 9.97 Å². The van der Waals surface area contributed by atoms with Gasteiger partial charge in [-0.05, 0) is 36.3 Å². The van der Waals surface area contributed by atoms with E-state index in [1.807, 2.05) is 24.3 Å². The Hall–Kier alpha value is -1.39. The van der Waals surface area contributed by atoms with Gasteiger partial charge in [0.05, 0.1) is 0 Å². The van der Waals surface area contributed by atoms with E-state index in [2.05, 4.69) is 16.9 Å². The first-order valence-electron chi connectivity index (χ1n) is 6.19. The van der Waals surface area contributed by atoms with Gasteiger partial charge in [-0.3, -0.25) is 9.78 Å². The first kappa shape index (κ1) is 14.0. The minimum Gasteiger partial charge on any atom is -0.336 e. The van der Waals surface area contributed by atoms with Crippen LogP contribution in [0.25, 0.3) is 0 Å². The van der Waals surface area contributed by atoms with Gasteiger partial charge in [0.25, 0.3) is 5.56 Å². The van der Waals surface area contributed by atoms with Crippen molar-refractivity contribution in [2.24, 2.45) is 0 Å². The summed E-state index contributed by atoms with van der Waals surface area (Å²) in [6.45, 7) is 2.07. The monoisotopic (exact) mass is 294 g/mol. The van der Waals surface area contributed by atoms with E-state index < -0.39 is 0 Å². The molecule has 0 saturated carbocycles. The number of hydrogen-bond donors (Lipinski definition) is 2. The molecule has 0 aliphatic heterocycles. The number of nitrogens with one attached hydrogen (secondary N) is 2. The molecule has 2 aromatic rings. The second-order valence-electron chi connectivity index (χ2n) is 4.42. The van der Waals surface area contributed by atoms with Gasteiger partial charge in [0.15, 0.2) is 4.77 Å². The van der Waals surface area contributed by atoms with E-state index in [4.69, 9.17) is 23.8 Å². The maximum atomic E-state index is 12.0. The van der Waals surface area contributed by atoms with Crippen molar-refractivity contribution in [2.75, 3.05) is 0 Å². The molecule has 1 aromatic heterocycles. The van der Waals surface area contributed by atoms with Crippen molar-refractivity contribution < 1.29 is 0 Å². The van der Waals surface area contributed by atoms with Crippen LogP contribution in [0.2, 0.25) is 5.02 Å². The fourth-order valence-corrected chi connectivity index (χ4v) is 2.36. The summed E-state index contributed by atoms with van der Waals surface area (Å²) in [4.78, 5) is 17.8. The van der Waals surface area contributed by atoms with Gasteiger partial charge in [0, 0.05) is 22.7 Å². The fourth-order valence-electron chi connectivity index (χ4n) is 2.02. The highest BCUT2D eigenvalue weighted by molar-refractivity contribution is 7.71. The molecule has 3 nitrogen and oxygen atoms in total. The number of hydrogen-bond acceptors (Lipinski definition) is 2. The third-order valence-corrected chi connectivity index (χ3v) is 3.38. The predicted molar refractivity (Wildman–Crippen MR) is 80.5 cm³/mol. The summed E-state index contributed by atoms with van der Waals surface area (Å²) in [5, 5.41) is 0.693. The van der Waals surface area contributed by atoms with Crippen LogP contribution < -0.4 is 5.56 Å². The predicted octanol–water partition coefficient (Wildman–Crippen LogP) is 3.63. The van der Waals surface area contributed by atoms with Crippen molar-refractivity contribution in [3.05, 3.63) is 61.2 Å². The van der Waals surface area contributed by atoms with Crippen LogP contribution in [0.4, 0.5) is 0 Å². The smallest absolute Gasteiger partial charge is 0.255 e. The lowest BCUT2D eigenvalue weighted by Gasteiger charge is -2.08. The molecular weight excluding hydrogens is 280 g/mol. The van der Waals surface area contributed by atoms with Gasteiger partial charge in [-0.25, -0.2) is 0 Å². The number of benzene rings is 1. The highest BCUT2D eigenvalue weighted by Gasteiger charge is 2.08. The average Bonchev–Trinajstić information content (AvgIpc) is 2.36. The molecule has 0 aliphatic carbocycles. The number of aromatic amines is 2. The van der Waals surface area contributed by atoms with Gasteiger partial charge >= 0.3 is 0 Å². The van der Waals surface area contributed by atoms with E-state index in [-0.39, 0.29) is 5.56 Å². The van der Waals surface area contributed by atoms with E-state index in [1.165, 1.54) is 0 Å². The van der Waals surface area contributed by atoms with Crippen molar-refractivity contribution in [2.45, 2.75) is 26.2 Å². The number of H-pyrrole nitrogens is 2. The molecule has 1 heterocycles. The van der Waals surface area contributed by atoms with Crippen LogP contribution in [0, 0.1) is 4.77 Å². The molecule has 0 aliphatic rings. The first-order chi connectivity index (χ1) is 9.10. The maximum absolute atomic E-state index is 12.0. The Morgan fingerprint density at radius 1 is 1.21 bits per heavy atom. The molecule has 100 valence electrons. The minimum atomic E-state index is -0.109. The van der Waals surface area contributed by atoms with Crippen LogP contribution >= 0.6 is 23.8 Å². The van der Waals surface area contributed by atoms with Crippen LogP contribution in [0.3, 0.4) is 0 Å². The quantitative estimate of drug-likeness (QED) is 0.846. The van der Waals surface area contributed by atoms with E-state index in [0.29, 0.717) is 16.2 Å². The standard InChI is InChI=1S/C14H15ClN2OS/c1-2-3-12-11(13(18)17-14(19)16-12)8-9-4-6-10(15)7-5-9/h4-7H,2-3,8H2,1H3,(H2,16,17,18,19). The largest absolute Gasteiger partial charge is 0.336 e. The van der Waals surface area contributed by atoms with Crippen molar-refractivity contribution in [3.63, 3.8) is 0 Å². The number of aryl methyl sites for hydroxylation is 1. The van der Waals surface area contributed by atoms with Gasteiger partial charge in [-0.2, -0.15) is 0 Å². The molecule has 2 rings (SSSR count). The SMILES string of the molecule is CCCc1[nH]c(=S)[nH]c(=O)c1Cc1ccc(Cl)cc1. The molecule has 5 heteroatoms. The molecule has 0 radical (unpaired) electrons. The highest BCUT2D eigenvalue weighted by atomic mass is 35.5. The third-order valence-electron chi connectivity index (χ3n) is 2.92. The summed E-state index contributed by atoms with van der Waals surface area (Å²) >= 11 is 10.9. The molecule has 0 unspecified atom stereocenters. The molecular formula is C14H15ClN2OS. The number of halogens is 1. The van der Waals surface area contributed by atoms with Gasteiger partial charge in [-0.15, -0.1) is 0 Å². The minimum absolute atomic E-state index is 0.109. The van der Waals surface area contributed by atoms with Gasteiger partial charge in [0.2, 0.25) is 0 Å². The Morgan fingerprint density at radius 3 is 2.53 bits per heavy atom. The molecule has 0 bridgehead atoms. The molecule has 0 fully saturated rings. The Bertz CT molecular complexity index is 673. The molecule has 0 saturated heterocycles. The van der Waals surface area contributed by atoms with E-state index in [1.54, 1.807) is 0 Å². The fraction of sp³-hybridized carbons (Fsp3) is 0.286. The zero-order valence-electron chi connectivity index (χ0n) is 10.6.